The van der Waals surface area contributed by atoms with Crippen molar-refractivity contribution in [1.29, 1.82) is 0 Å². The summed E-state index contributed by atoms with van der Waals surface area (Å²) in [6, 6.07) is 7.46. The van der Waals surface area contributed by atoms with E-state index in [0.29, 0.717) is 5.01 Å². The van der Waals surface area contributed by atoms with Crippen LogP contribution in [-0.2, 0) is 4.79 Å². The number of hydrogen-bond donors (Lipinski definition) is 2. The summed E-state index contributed by atoms with van der Waals surface area (Å²) in [5.41, 5.74) is 0.798. The number of aliphatic hydroxyl groups excluding tert-OH is 1. The van der Waals surface area contributed by atoms with E-state index in [1.165, 1.54) is 11.3 Å². The Kier molecular flexibility index (Phi) is 2.39. The highest BCUT2D eigenvalue weighted by Crippen LogP contribution is 2.22. The van der Waals surface area contributed by atoms with Crippen LogP contribution >= 0.6 is 11.3 Å². The van der Waals surface area contributed by atoms with E-state index in [1.54, 1.807) is 0 Å². The second-order valence-corrected chi connectivity index (χ2v) is 3.92. The minimum atomic E-state index is -1.35. The lowest BCUT2D eigenvalue weighted by Crippen LogP contribution is -1.98. The topological polar surface area (TPSA) is 70.4 Å². The van der Waals surface area contributed by atoms with Crippen molar-refractivity contribution in [3.63, 3.8) is 0 Å². The van der Waals surface area contributed by atoms with Crippen molar-refractivity contribution in [3.05, 3.63) is 35.0 Å². The van der Waals surface area contributed by atoms with E-state index in [9.17, 15) is 4.79 Å². The first kappa shape index (κ1) is 9.67. The number of rotatable bonds is 2. The predicted molar refractivity (Wildman–Crippen MR) is 57.9 cm³/mol. The minimum Gasteiger partial charge on any atom is -0.502 e. The Morgan fingerprint density at radius 2 is 2.07 bits per heavy atom. The average molecular weight is 221 g/mol. The molecule has 15 heavy (non-hydrogen) atoms. The Hall–Kier alpha value is -1.88. The first-order valence-corrected chi connectivity index (χ1v) is 4.98. The van der Waals surface area contributed by atoms with Crippen molar-refractivity contribution in [2.45, 2.75) is 0 Å². The Bertz CT molecular complexity index is 511. The van der Waals surface area contributed by atoms with Gasteiger partial charge in [0.2, 0.25) is 5.76 Å². The number of aliphatic carboxylic acids is 1. The van der Waals surface area contributed by atoms with Gasteiger partial charge in [0.25, 0.3) is 0 Å². The van der Waals surface area contributed by atoms with E-state index in [2.05, 4.69) is 4.98 Å². The van der Waals surface area contributed by atoms with Crippen LogP contribution in [0.1, 0.15) is 5.01 Å². The van der Waals surface area contributed by atoms with E-state index in [4.69, 9.17) is 10.2 Å². The molecule has 0 fully saturated rings. The van der Waals surface area contributed by atoms with Gasteiger partial charge in [0.15, 0.2) is 0 Å². The molecule has 0 saturated carbocycles. The number of aromatic nitrogens is 1. The van der Waals surface area contributed by atoms with Gasteiger partial charge in [0.1, 0.15) is 5.01 Å². The predicted octanol–water partition coefficient (Wildman–Crippen LogP) is 2.28. The molecule has 0 spiro atoms. The molecule has 2 aromatic rings. The highest BCUT2D eigenvalue weighted by molar-refractivity contribution is 7.19. The van der Waals surface area contributed by atoms with Crippen LogP contribution in [0.5, 0.6) is 0 Å². The molecule has 0 aliphatic heterocycles. The summed E-state index contributed by atoms with van der Waals surface area (Å²) in [5, 5.41) is 18.0. The molecule has 1 aromatic carbocycles. The van der Waals surface area contributed by atoms with Gasteiger partial charge in [-0.25, -0.2) is 9.78 Å². The number of carboxylic acid groups (broad SMARTS) is 1. The Morgan fingerprint density at radius 3 is 2.73 bits per heavy atom. The van der Waals surface area contributed by atoms with Crippen molar-refractivity contribution < 1.29 is 15.0 Å². The SMILES string of the molecule is O=C(O)/C(O)=C/c1nc2ccccc2s1. The van der Waals surface area contributed by atoms with E-state index in [0.717, 1.165) is 16.3 Å². The third kappa shape index (κ3) is 1.97. The van der Waals surface area contributed by atoms with Crippen LogP contribution in [0.15, 0.2) is 30.0 Å². The summed E-state index contributed by atoms with van der Waals surface area (Å²) in [5.74, 6) is -2.05. The molecule has 1 aromatic heterocycles. The van der Waals surface area contributed by atoms with E-state index < -0.39 is 11.7 Å². The van der Waals surface area contributed by atoms with Crippen molar-refractivity contribution >= 4 is 33.6 Å². The number of nitrogens with zero attached hydrogens (tertiary/aromatic N) is 1. The minimum absolute atomic E-state index is 0.483. The second-order valence-electron chi connectivity index (χ2n) is 2.85. The van der Waals surface area contributed by atoms with Crippen LogP contribution in [0.2, 0.25) is 0 Å². The molecule has 0 aliphatic rings. The van der Waals surface area contributed by atoms with Crippen molar-refractivity contribution in [3.8, 4) is 0 Å². The molecule has 0 unspecified atom stereocenters. The lowest BCUT2D eigenvalue weighted by molar-refractivity contribution is -0.135. The summed E-state index contributed by atoms with van der Waals surface area (Å²) in [6.07, 6.45) is 1.15. The third-order valence-corrected chi connectivity index (χ3v) is 2.77. The number of carboxylic acids is 1. The molecule has 4 nitrogen and oxygen atoms in total. The Morgan fingerprint density at radius 1 is 1.33 bits per heavy atom. The second kappa shape index (κ2) is 3.70. The Labute approximate surface area is 89.1 Å². The fourth-order valence-electron chi connectivity index (χ4n) is 1.13. The summed E-state index contributed by atoms with van der Waals surface area (Å²) < 4.78 is 0.960. The lowest BCUT2D eigenvalue weighted by atomic mass is 10.3. The van der Waals surface area contributed by atoms with Crippen molar-refractivity contribution in [2.75, 3.05) is 0 Å². The number of benzene rings is 1. The summed E-state index contributed by atoms with van der Waals surface area (Å²) in [7, 11) is 0. The smallest absolute Gasteiger partial charge is 0.371 e. The number of aliphatic hydroxyl groups is 1. The molecule has 0 amide bonds. The molecule has 2 rings (SSSR count). The summed E-state index contributed by atoms with van der Waals surface area (Å²) >= 11 is 1.33. The molecule has 1 heterocycles. The van der Waals surface area contributed by atoms with E-state index >= 15 is 0 Å². The summed E-state index contributed by atoms with van der Waals surface area (Å²) in [4.78, 5) is 14.5. The molecule has 76 valence electrons. The van der Waals surface area contributed by atoms with Gasteiger partial charge in [0.05, 0.1) is 10.2 Å². The first-order valence-electron chi connectivity index (χ1n) is 4.16. The van der Waals surface area contributed by atoms with Gasteiger partial charge in [-0.2, -0.15) is 0 Å². The fourth-order valence-corrected chi connectivity index (χ4v) is 2.04. The van der Waals surface area contributed by atoms with Crippen LogP contribution in [0.4, 0.5) is 0 Å². The quantitative estimate of drug-likeness (QED) is 0.603. The number of fused-ring (bicyclic) bond motifs is 1. The van der Waals surface area contributed by atoms with Gasteiger partial charge in [0, 0.05) is 6.08 Å². The molecule has 0 saturated heterocycles. The zero-order chi connectivity index (χ0) is 10.8. The molecule has 5 heteroatoms. The first-order chi connectivity index (χ1) is 7.16. The molecular formula is C10H7NO3S. The lowest BCUT2D eigenvalue weighted by Gasteiger charge is -1.87. The maximum absolute atomic E-state index is 10.4. The van der Waals surface area contributed by atoms with Crippen molar-refractivity contribution in [2.24, 2.45) is 0 Å². The third-order valence-electron chi connectivity index (χ3n) is 1.79. The number of carbonyl (C=O) groups is 1. The van der Waals surface area contributed by atoms with E-state index in [-0.39, 0.29) is 0 Å². The fraction of sp³-hybridized carbons (Fsp3) is 0. The monoisotopic (exact) mass is 221 g/mol. The number of para-hydroxylation sites is 1. The van der Waals surface area contributed by atoms with Crippen LogP contribution in [0.25, 0.3) is 16.3 Å². The molecule has 0 bridgehead atoms. The maximum Gasteiger partial charge on any atom is 0.371 e. The number of hydrogen-bond acceptors (Lipinski definition) is 4. The van der Waals surface area contributed by atoms with Crippen molar-refractivity contribution in [1.82, 2.24) is 4.98 Å². The zero-order valence-electron chi connectivity index (χ0n) is 7.54. The van der Waals surface area contributed by atoms with Crippen LogP contribution in [-0.4, -0.2) is 21.2 Å². The van der Waals surface area contributed by atoms with Gasteiger partial charge >= 0.3 is 5.97 Å². The molecular weight excluding hydrogens is 214 g/mol. The molecule has 0 aliphatic carbocycles. The molecule has 2 N–H and O–H groups in total. The highest BCUT2D eigenvalue weighted by Gasteiger charge is 2.06. The standard InChI is InChI=1S/C10H7NO3S/c12-7(10(13)14)5-9-11-6-3-1-2-4-8(6)15-9/h1-5,12H,(H,13,14)/b7-5-. The molecule has 0 radical (unpaired) electrons. The van der Waals surface area contributed by atoms with E-state index in [1.807, 2.05) is 24.3 Å². The normalized spacial score (nSPS) is 11.9. The largest absolute Gasteiger partial charge is 0.502 e. The maximum atomic E-state index is 10.4. The van der Waals surface area contributed by atoms with Crippen LogP contribution < -0.4 is 0 Å². The van der Waals surface area contributed by atoms with Gasteiger partial charge in [-0.15, -0.1) is 11.3 Å². The van der Waals surface area contributed by atoms with Gasteiger partial charge < -0.3 is 10.2 Å². The van der Waals surface area contributed by atoms with Crippen LogP contribution in [0.3, 0.4) is 0 Å². The Balaban J connectivity index is 2.46. The van der Waals surface area contributed by atoms with Gasteiger partial charge in [-0.05, 0) is 12.1 Å². The zero-order valence-corrected chi connectivity index (χ0v) is 8.36. The van der Waals surface area contributed by atoms with Gasteiger partial charge in [-0.1, -0.05) is 12.1 Å². The highest BCUT2D eigenvalue weighted by atomic mass is 32.1. The summed E-state index contributed by atoms with van der Waals surface area (Å²) in [6.45, 7) is 0. The average Bonchev–Trinajstić information content (AvgIpc) is 2.59. The number of thiazole rings is 1. The van der Waals surface area contributed by atoms with Crippen LogP contribution in [0, 0.1) is 0 Å². The molecule has 0 atom stereocenters. The van der Waals surface area contributed by atoms with Gasteiger partial charge in [-0.3, -0.25) is 0 Å².